The molecule has 1 heterocycles. The van der Waals surface area contributed by atoms with Gasteiger partial charge in [0.05, 0.1) is 16.5 Å². The highest BCUT2D eigenvalue weighted by Gasteiger charge is 2.47. The predicted octanol–water partition coefficient (Wildman–Crippen LogP) is 6.08. The Morgan fingerprint density at radius 1 is 1.00 bits per heavy atom. The molecule has 0 aromatic heterocycles. The maximum absolute atomic E-state index is 13.3. The maximum Gasteiger partial charge on any atom is 0.300 e. The number of hydrogen-bond acceptors (Lipinski definition) is 5. The average Bonchev–Trinajstić information content (AvgIpc) is 3.13. The Balaban J connectivity index is 1.91. The molecule has 4 rings (SSSR count). The largest absolute Gasteiger partial charge is 0.507 e. The molecule has 1 aliphatic heterocycles. The molecule has 36 heavy (non-hydrogen) atoms. The van der Waals surface area contributed by atoms with Gasteiger partial charge in [0.15, 0.2) is 0 Å². The molecule has 0 bridgehead atoms. The molecule has 1 N–H and O–H groups in total. The fourth-order valence-electron chi connectivity index (χ4n) is 4.39. The van der Waals surface area contributed by atoms with Gasteiger partial charge in [0, 0.05) is 23.4 Å². The fourth-order valence-corrected chi connectivity index (χ4v) is 4.39. The van der Waals surface area contributed by atoms with E-state index in [1.807, 2.05) is 43.3 Å². The third-order valence-corrected chi connectivity index (χ3v) is 6.49. The number of carbonyl (C=O) groups excluding carboxylic acids is 2. The Morgan fingerprint density at radius 3 is 2.19 bits per heavy atom. The minimum absolute atomic E-state index is 0.0931. The van der Waals surface area contributed by atoms with Crippen molar-refractivity contribution in [3.05, 3.63) is 111 Å². The number of aryl methyl sites for hydroxylation is 1. The maximum atomic E-state index is 13.3. The highest BCUT2D eigenvalue weighted by Crippen LogP contribution is 2.42. The Morgan fingerprint density at radius 2 is 1.64 bits per heavy atom. The number of anilines is 1. The molecule has 1 unspecified atom stereocenters. The van der Waals surface area contributed by atoms with E-state index >= 15 is 0 Å². The zero-order valence-corrected chi connectivity index (χ0v) is 20.7. The third kappa shape index (κ3) is 4.52. The van der Waals surface area contributed by atoms with E-state index in [2.05, 4.69) is 20.8 Å². The number of rotatable bonds is 5. The van der Waals surface area contributed by atoms with Gasteiger partial charge in [0.1, 0.15) is 5.76 Å². The molecule has 0 saturated carbocycles. The summed E-state index contributed by atoms with van der Waals surface area (Å²) in [6, 6.07) is 19.5. The first kappa shape index (κ1) is 24.9. The summed E-state index contributed by atoms with van der Waals surface area (Å²) in [5.74, 6) is -2.06. The smallest absolute Gasteiger partial charge is 0.300 e. The van der Waals surface area contributed by atoms with Crippen molar-refractivity contribution >= 4 is 28.8 Å². The van der Waals surface area contributed by atoms with Crippen LogP contribution in [-0.4, -0.2) is 21.7 Å². The number of aliphatic hydroxyl groups excluding tert-OH is 1. The van der Waals surface area contributed by atoms with Gasteiger partial charge in [-0.25, -0.2) is 0 Å². The third-order valence-electron chi connectivity index (χ3n) is 6.49. The van der Waals surface area contributed by atoms with E-state index in [1.54, 1.807) is 12.1 Å². The molecular formula is C29H28N2O5. The van der Waals surface area contributed by atoms with Crippen molar-refractivity contribution < 1.29 is 19.6 Å². The van der Waals surface area contributed by atoms with Crippen molar-refractivity contribution in [2.24, 2.45) is 0 Å². The number of amides is 1. The van der Waals surface area contributed by atoms with E-state index in [-0.39, 0.29) is 22.2 Å². The Labute approximate surface area is 209 Å². The normalized spacial score (nSPS) is 17.4. The average molecular weight is 485 g/mol. The summed E-state index contributed by atoms with van der Waals surface area (Å²) in [7, 11) is 0. The zero-order chi connectivity index (χ0) is 26.2. The van der Waals surface area contributed by atoms with Crippen molar-refractivity contribution in [3.63, 3.8) is 0 Å². The van der Waals surface area contributed by atoms with Crippen molar-refractivity contribution in [1.82, 2.24) is 0 Å². The number of nitro groups is 1. The Bertz CT molecular complexity index is 1370. The quantitative estimate of drug-likeness (QED) is 0.155. The number of nitrogens with zero attached hydrogens (tertiary/aromatic N) is 2. The van der Waals surface area contributed by atoms with Gasteiger partial charge in [0.2, 0.25) is 0 Å². The summed E-state index contributed by atoms with van der Waals surface area (Å²) in [6.07, 6.45) is 0.822. The fraction of sp³-hybridized carbons (Fsp3) is 0.241. The lowest BCUT2D eigenvalue weighted by molar-refractivity contribution is -0.384. The van der Waals surface area contributed by atoms with Gasteiger partial charge in [-0.2, -0.15) is 0 Å². The first-order chi connectivity index (χ1) is 17.0. The first-order valence-corrected chi connectivity index (χ1v) is 11.8. The van der Waals surface area contributed by atoms with E-state index in [0.717, 1.165) is 17.5 Å². The van der Waals surface area contributed by atoms with Crippen LogP contribution in [0.1, 0.15) is 56.0 Å². The second-order valence-electron chi connectivity index (χ2n) is 9.87. The van der Waals surface area contributed by atoms with Crippen LogP contribution in [0.25, 0.3) is 5.76 Å². The van der Waals surface area contributed by atoms with Gasteiger partial charge in [-0.05, 0) is 40.7 Å². The molecule has 1 amide bonds. The Kier molecular flexibility index (Phi) is 6.50. The zero-order valence-electron chi connectivity index (χ0n) is 20.7. The number of Topliss-reactive ketones (excluding diaryl/α,β-unsaturated/α-hetero) is 1. The number of ketones is 1. The van der Waals surface area contributed by atoms with Crippen LogP contribution in [-0.2, 0) is 21.4 Å². The van der Waals surface area contributed by atoms with Crippen molar-refractivity contribution in [2.45, 2.75) is 45.6 Å². The van der Waals surface area contributed by atoms with Crippen LogP contribution in [0.2, 0.25) is 0 Å². The van der Waals surface area contributed by atoms with Crippen LogP contribution in [0, 0.1) is 10.1 Å². The monoisotopic (exact) mass is 484 g/mol. The van der Waals surface area contributed by atoms with E-state index in [0.29, 0.717) is 11.3 Å². The SMILES string of the molecule is CCc1ccc(C2/C(=C(/O)c3cccc([N+](=O)[O-])c3)C(=O)C(=O)N2c2ccc(C(C)(C)C)cc2)cc1. The van der Waals surface area contributed by atoms with Gasteiger partial charge >= 0.3 is 0 Å². The number of aliphatic hydroxyl groups is 1. The summed E-state index contributed by atoms with van der Waals surface area (Å²) in [4.78, 5) is 38.7. The van der Waals surface area contributed by atoms with Crippen LogP contribution in [0.5, 0.6) is 0 Å². The van der Waals surface area contributed by atoms with E-state index in [1.165, 1.54) is 29.2 Å². The highest BCUT2D eigenvalue weighted by molar-refractivity contribution is 6.51. The summed E-state index contributed by atoms with van der Waals surface area (Å²) in [5.41, 5.74) is 3.00. The number of nitro benzene ring substituents is 1. The lowest BCUT2D eigenvalue weighted by Crippen LogP contribution is -2.29. The molecule has 3 aromatic carbocycles. The number of hydrogen-bond donors (Lipinski definition) is 1. The van der Waals surface area contributed by atoms with E-state index in [9.17, 15) is 24.8 Å². The summed E-state index contributed by atoms with van der Waals surface area (Å²) in [6.45, 7) is 8.29. The van der Waals surface area contributed by atoms with Crippen molar-refractivity contribution in [1.29, 1.82) is 0 Å². The lowest BCUT2D eigenvalue weighted by Gasteiger charge is -2.27. The van der Waals surface area contributed by atoms with E-state index in [4.69, 9.17) is 0 Å². The van der Waals surface area contributed by atoms with Crippen LogP contribution in [0.3, 0.4) is 0 Å². The van der Waals surface area contributed by atoms with Crippen LogP contribution in [0.15, 0.2) is 78.4 Å². The number of benzene rings is 3. The standard InChI is InChI=1S/C29H28N2O5/c1-5-18-9-11-19(12-10-18)25-24(26(32)20-7-6-8-23(17-20)31(35)36)27(33)28(34)30(25)22-15-13-21(14-16-22)29(2,3)4/h6-17,25,32H,5H2,1-4H3/b26-24-. The van der Waals surface area contributed by atoms with E-state index < -0.39 is 28.4 Å². The van der Waals surface area contributed by atoms with Crippen LogP contribution < -0.4 is 4.90 Å². The molecule has 7 nitrogen and oxygen atoms in total. The molecule has 3 aromatic rings. The molecule has 7 heteroatoms. The summed E-state index contributed by atoms with van der Waals surface area (Å²) in [5, 5.41) is 22.5. The minimum atomic E-state index is -0.893. The lowest BCUT2D eigenvalue weighted by atomic mass is 9.87. The molecular weight excluding hydrogens is 456 g/mol. The molecule has 0 spiro atoms. The van der Waals surface area contributed by atoms with Crippen molar-refractivity contribution in [2.75, 3.05) is 4.90 Å². The summed E-state index contributed by atoms with van der Waals surface area (Å²) >= 11 is 0. The first-order valence-electron chi connectivity index (χ1n) is 11.8. The number of carbonyl (C=O) groups is 2. The molecule has 0 radical (unpaired) electrons. The molecule has 1 fully saturated rings. The Hall–Kier alpha value is -4.26. The second-order valence-corrected chi connectivity index (χ2v) is 9.87. The second kappa shape index (κ2) is 9.41. The van der Waals surface area contributed by atoms with Gasteiger partial charge in [0.25, 0.3) is 17.4 Å². The molecule has 0 aliphatic carbocycles. The minimum Gasteiger partial charge on any atom is -0.507 e. The molecule has 184 valence electrons. The topological polar surface area (TPSA) is 101 Å². The molecule has 1 aliphatic rings. The van der Waals surface area contributed by atoms with Crippen LogP contribution >= 0.6 is 0 Å². The summed E-state index contributed by atoms with van der Waals surface area (Å²) < 4.78 is 0. The van der Waals surface area contributed by atoms with Gasteiger partial charge in [-0.3, -0.25) is 24.6 Å². The van der Waals surface area contributed by atoms with Crippen LogP contribution in [0.4, 0.5) is 11.4 Å². The predicted molar refractivity (Wildman–Crippen MR) is 139 cm³/mol. The molecule has 1 saturated heterocycles. The van der Waals surface area contributed by atoms with Gasteiger partial charge in [-0.1, -0.05) is 76.2 Å². The number of non-ortho nitro benzene ring substituents is 1. The van der Waals surface area contributed by atoms with Gasteiger partial charge in [-0.15, -0.1) is 0 Å². The van der Waals surface area contributed by atoms with Gasteiger partial charge < -0.3 is 5.11 Å². The van der Waals surface area contributed by atoms with Crippen molar-refractivity contribution in [3.8, 4) is 0 Å². The molecule has 1 atom stereocenters. The highest BCUT2D eigenvalue weighted by atomic mass is 16.6.